The third-order valence-electron chi connectivity index (χ3n) is 3.92. The molecule has 0 fully saturated rings. The van der Waals surface area contributed by atoms with Crippen molar-refractivity contribution < 1.29 is 9.59 Å². The van der Waals surface area contributed by atoms with Crippen LogP contribution in [-0.4, -0.2) is 11.7 Å². The van der Waals surface area contributed by atoms with Crippen molar-refractivity contribution in [3.63, 3.8) is 0 Å². The highest BCUT2D eigenvalue weighted by molar-refractivity contribution is 7.98. The summed E-state index contributed by atoms with van der Waals surface area (Å²) in [6, 6.07) is 24.7. The molecule has 0 aromatic heterocycles. The molecule has 130 valence electrons. The van der Waals surface area contributed by atoms with Crippen molar-refractivity contribution in [1.29, 1.82) is 0 Å². The first-order valence-corrected chi connectivity index (χ1v) is 9.30. The first-order valence-electron chi connectivity index (χ1n) is 8.31. The fourth-order valence-electron chi connectivity index (χ4n) is 2.50. The largest absolute Gasteiger partial charge is 0.322 e. The van der Waals surface area contributed by atoms with E-state index in [0.717, 1.165) is 10.6 Å². The maximum Gasteiger partial charge on any atom is 0.256 e. The number of rotatable bonds is 6. The van der Waals surface area contributed by atoms with Crippen LogP contribution in [0, 0.1) is 0 Å². The van der Waals surface area contributed by atoms with E-state index in [1.165, 1.54) is 12.5 Å². The van der Waals surface area contributed by atoms with Gasteiger partial charge in [-0.2, -0.15) is 0 Å². The van der Waals surface area contributed by atoms with E-state index < -0.39 is 0 Å². The maximum absolute atomic E-state index is 12.7. The molecule has 0 radical (unpaired) electrons. The van der Waals surface area contributed by atoms with Crippen LogP contribution in [0.1, 0.15) is 33.2 Å². The molecule has 0 saturated heterocycles. The second-order valence-corrected chi connectivity index (χ2v) is 6.88. The first-order chi connectivity index (χ1) is 12.6. The zero-order chi connectivity index (χ0) is 18.4. The SMILES string of the molecule is CC(=O)c1ccc(NC(=O)c2ccccc2SCc2ccccc2)cc1. The highest BCUT2D eigenvalue weighted by Crippen LogP contribution is 2.27. The number of anilines is 1. The Kier molecular flexibility index (Phi) is 5.87. The predicted octanol–water partition coefficient (Wildman–Crippen LogP) is 5.43. The number of nitrogens with one attached hydrogen (secondary N) is 1. The van der Waals surface area contributed by atoms with E-state index in [-0.39, 0.29) is 11.7 Å². The van der Waals surface area contributed by atoms with Crippen molar-refractivity contribution in [1.82, 2.24) is 0 Å². The number of benzene rings is 3. The summed E-state index contributed by atoms with van der Waals surface area (Å²) in [6.45, 7) is 1.52. The second kappa shape index (κ2) is 8.50. The van der Waals surface area contributed by atoms with E-state index in [4.69, 9.17) is 0 Å². The first kappa shape index (κ1) is 18.0. The molecule has 1 N–H and O–H groups in total. The average Bonchev–Trinajstić information content (AvgIpc) is 2.68. The Bertz CT molecular complexity index is 905. The van der Waals surface area contributed by atoms with Gasteiger partial charge in [-0.15, -0.1) is 11.8 Å². The molecule has 0 saturated carbocycles. The summed E-state index contributed by atoms with van der Waals surface area (Å²) in [5.74, 6) is 0.653. The van der Waals surface area contributed by atoms with E-state index in [9.17, 15) is 9.59 Å². The van der Waals surface area contributed by atoms with Crippen LogP contribution < -0.4 is 5.32 Å². The van der Waals surface area contributed by atoms with Gasteiger partial charge in [0.2, 0.25) is 0 Å². The van der Waals surface area contributed by atoms with E-state index in [1.807, 2.05) is 42.5 Å². The molecular formula is C22H19NO2S. The Labute approximate surface area is 157 Å². The monoisotopic (exact) mass is 361 g/mol. The summed E-state index contributed by atoms with van der Waals surface area (Å²) >= 11 is 1.64. The van der Waals surface area contributed by atoms with Gasteiger partial charge in [0.15, 0.2) is 5.78 Å². The molecule has 0 bridgehead atoms. The van der Waals surface area contributed by atoms with Gasteiger partial charge in [-0.3, -0.25) is 9.59 Å². The molecule has 4 heteroatoms. The Hall–Kier alpha value is -2.85. The van der Waals surface area contributed by atoms with Crippen molar-refractivity contribution in [2.75, 3.05) is 5.32 Å². The number of hydrogen-bond donors (Lipinski definition) is 1. The third kappa shape index (κ3) is 4.61. The number of amides is 1. The van der Waals surface area contributed by atoms with Crippen LogP contribution in [0.5, 0.6) is 0 Å². The van der Waals surface area contributed by atoms with Crippen LogP contribution in [0.15, 0.2) is 83.8 Å². The van der Waals surface area contributed by atoms with Crippen molar-refractivity contribution in [2.24, 2.45) is 0 Å². The second-order valence-electron chi connectivity index (χ2n) is 5.86. The number of carbonyl (C=O) groups is 2. The van der Waals surface area contributed by atoms with Crippen LogP contribution >= 0.6 is 11.8 Å². The lowest BCUT2D eigenvalue weighted by atomic mass is 10.1. The highest BCUT2D eigenvalue weighted by atomic mass is 32.2. The summed E-state index contributed by atoms with van der Waals surface area (Å²) in [4.78, 5) is 25.0. The lowest BCUT2D eigenvalue weighted by molar-refractivity contribution is 0.101. The molecule has 3 aromatic carbocycles. The van der Waals surface area contributed by atoms with E-state index >= 15 is 0 Å². The minimum Gasteiger partial charge on any atom is -0.322 e. The van der Waals surface area contributed by atoms with Crippen molar-refractivity contribution in [3.8, 4) is 0 Å². The molecule has 0 unspecified atom stereocenters. The Morgan fingerprint density at radius 1 is 0.846 bits per heavy atom. The Morgan fingerprint density at radius 3 is 2.19 bits per heavy atom. The van der Waals surface area contributed by atoms with Crippen LogP contribution in [0.25, 0.3) is 0 Å². The highest BCUT2D eigenvalue weighted by Gasteiger charge is 2.12. The molecule has 3 nitrogen and oxygen atoms in total. The quantitative estimate of drug-likeness (QED) is 0.470. The third-order valence-corrected chi connectivity index (χ3v) is 5.06. The fraction of sp³-hybridized carbons (Fsp3) is 0.0909. The number of thioether (sulfide) groups is 1. The number of hydrogen-bond acceptors (Lipinski definition) is 3. The molecule has 0 spiro atoms. The van der Waals surface area contributed by atoms with Crippen LogP contribution in [0.3, 0.4) is 0 Å². The standard InChI is InChI=1S/C22H19NO2S/c1-16(24)18-11-13-19(14-12-18)23-22(25)20-9-5-6-10-21(20)26-15-17-7-3-2-4-8-17/h2-14H,15H2,1H3,(H,23,25). The van der Waals surface area contributed by atoms with Gasteiger partial charge in [0, 0.05) is 21.9 Å². The van der Waals surface area contributed by atoms with Crippen LogP contribution in [0.2, 0.25) is 0 Å². The summed E-state index contributed by atoms with van der Waals surface area (Å²) < 4.78 is 0. The van der Waals surface area contributed by atoms with Gasteiger partial charge in [-0.1, -0.05) is 42.5 Å². The molecule has 0 heterocycles. The number of ketones is 1. The molecule has 0 aliphatic heterocycles. The van der Waals surface area contributed by atoms with Gasteiger partial charge < -0.3 is 5.32 Å². The lowest BCUT2D eigenvalue weighted by Gasteiger charge is -2.10. The van der Waals surface area contributed by atoms with Gasteiger partial charge in [0.05, 0.1) is 5.56 Å². The minimum absolute atomic E-state index is 0.00512. The fourth-order valence-corrected chi connectivity index (χ4v) is 3.51. The van der Waals surface area contributed by atoms with Crippen LogP contribution in [-0.2, 0) is 5.75 Å². The molecule has 3 rings (SSSR count). The Morgan fingerprint density at radius 2 is 1.50 bits per heavy atom. The van der Waals surface area contributed by atoms with E-state index in [1.54, 1.807) is 36.0 Å². The topological polar surface area (TPSA) is 46.2 Å². The molecule has 0 aliphatic rings. The Balaban J connectivity index is 1.72. The summed E-state index contributed by atoms with van der Waals surface area (Å²) in [7, 11) is 0. The molecule has 26 heavy (non-hydrogen) atoms. The smallest absolute Gasteiger partial charge is 0.256 e. The van der Waals surface area contributed by atoms with Gasteiger partial charge in [-0.25, -0.2) is 0 Å². The number of carbonyl (C=O) groups excluding carboxylic acids is 2. The number of Topliss-reactive ketones (excluding diaryl/α,β-unsaturated/α-hetero) is 1. The van der Waals surface area contributed by atoms with Gasteiger partial charge in [-0.05, 0) is 48.9 Å². The zero-order valence-corrected chi connectivity index (χ0v) is 15.3. The summed E-state index contributed by atoms with van der Waals surface area (Å²) in [5.41, 5.74) is 3.15. The molecule has 0 atom stereocenters. The average molecular weight is 361 g/mol. The van der Waals surface area contributed by atoms with Crippen molar-refractivity contribution in [3.05, 3.63) is 95.6 Å². The maximum atomic E-state index is 12.7. The summed E-state index contributed by atoms with van der Waals surface area (Å²) in [6.07, 6.45) is 0. The van der Waals surface area contributed by atoms with Crippen molar-refractivity contribution in [2.45, 2.75) is 17.6 Å². The summed E-state index contributed by atoms with van der Waals surface area (Å²) in [5, 5.41) is 2.90. The van der Waals surface area contributed by atoms with Gasteiger partial charge in [0.1, 0.15) is 0 Å². The van der Waals surface area contributed by atoms with Crippen molar-refractivity contribution >= 4 is 29.1 Å². The minimum atomic E-state index is -0.156. The lowest BCUT2D eigenvalue weighted by Crippen LogP contribution is -2.13. The van der Waals surface area contributed by atoms with Gasteiger partial charge >= 0.3 is 0 Å². The van der Waals surface area contributed by atoms with E-state index in [2.05, 4.69) is 17.4 Å². The molecule has 1 amide bonds. The van der Waals surface area contributed by atoms with Crippen LogP contribution in [0.4, 0.5) is 5.69 Å². The molecule has 3 aromatic rings. The van der Waals surface area contributed by atoms with E-state index in [0.29, 0.717) is 16.8 Å². The molecule has 0 aliphatic carbocycles. The van der Waals surface area contributed by atoms with Gasteiger partial charge in [0.25, 0.3) is 5.91 Å². The zero-order valence-electron chi connectivity index (χ0n) is 14.4. The normalized spacial score (nSPS) is 10.3. The predicted molar refractivity (Wildman–Crippen MR) is 107 cm³/mol. The molecular weight excluding hydrogens is 342 g/mol.